The van der Waals surface area contributed by atoms with E-state index in [2.05, 4.69) is 10.3 Å². The third-order valence-corrected chi connectivity index (χ3v) is 4.58. The van der Waals surface area contributed by atoms with Gasteiger partial charge in [0.15, 0.2) is 5.69 Å². The first-order valence-corrected chi connectivity index (χ1v) is 8.16. The lowest BCUT2D eigenvalue weighted by molar-refractivity contribution is -0.137. The summed E-state index contributed by atoms with van der Waals surface area (Å²) in [5, 5.41) is 16.8. The number of hydrogen-bond donors (Lipinski definition) is 1. The highest BCUT2D eigenvalue weighted by Crippen LogP contribution is 2.24. The molecule has 132 valence electrons. The Hall–Kier alpha value is -2.48. The van der Waals surface area contributed by atoms with Crippen molar-refractivity contribution in [3.63, 3.8) is 0 Å². The van der Waals surface area contributed by atoms with Crippen molar-refractivity contribution >= 4 is 23.5 Å². The predicted octanol–water partition coefficient (Wildman–Crippen LogP) is 2.45. The van der Waals surface area contributed by atoms with Crippen molar-refractivity contribution in [1.29, 1.82) is 0 Å². The molecule has 0 spiro atoms. The zero-order chi connectivity index (χ0) is 18.1. The molecule has 7 nitrogen and oxygen atoms in total. The minimum atomic E-state index is -0.939. The number of hydrogen-bond acceptors (Lipinski definition) is 4. The number of carbonyl (C=O) groups excluding carboxylic acids is 1. The number of aliphatic carboxylic acids is 1. The predicted molar refractivity (Wildman–Crippen MR) is 87.4 cm³/mol. The molecule has 9 heteroatoms. The number of benzene rings is 1. The molecule has 2 aromatic rings. The molecule has 0 aliphatic carbocycles. The van der Waals surface area contributed by atoms with Gasteiger partial charge in [0.05, 0.1) is 22.8 Å². The highest BCUT2D eigenvalue weighted by Gasteiger charge is 2.33. The molecule has 1 saturated heterocycles. The number of aromatic nitrogens is 3. The number of carbonyl (C=O) groups is 2. The second-order valence-electron chi connectivity index (χ2n) is 5.93. The summed E-state index contributed by atoms with van der Waals surface area (Å²) in [6, 6.07) is 3.76. The Balaban J connectivity index is 1.88. The maximum atomic E-state index is 13.3. The fourth-order valence-electron chi connectivity index (χ4n) is 3.04. The average molecular weight is 367 g/mol. The van der Waals surface area contributed by atoms with E-state index in [0.29, 0.717) is 24.3 Å². The quantitative estimate of drug-likeness (QED) is 0.897. The molecule has 1 amide bonds. The average Bonchev–Trinajstić information content (AvgIpc) is 3.16. The van der Waals surface area contributed by atoms with Gasteiger partial charge in [-0.15, -0.1) is 5.10 Å². The standard InChI is InChI=1S/C16H16ClFN4O3/c1-9-15(16(25)21-6-2-3-10(21)8-14(23)24)19-20-22(9)11-4-5-13(18)12(17)7-11/h4-5,7,10H,2-3,6,8H2,1H3,(H,23,24). The third-order valence-electron chi connectivity index (χ3n) is 4.29. The van der Waals surface area contributed by atoms with E-state index in [1.165, 1.54) is 27.8 Å². The van der Waals surface area contributed by atoms with Gasteiger partial charge in [0.1, 0.15) is 5.82 Å². The Bertz CT molecular complexity index is 839. The second kappa shape index (κ2) is 6.79. The fourth-order valence-corrected chi connectivity index (χ4v) is 3.22. The van der Waals surface area contributed by atoms with Crippen LogP contribution in [0.25, 0.3) is 5.69 Å². The highest BCUT2D eigenvalue weighted by molar-refractivity contribution is 6.30. The summed E-state index contributed by atoms with van der Waals surface area (Å²) in [6.45, 7) is 2.16. The molecule has 3 rings (SSSR count). The molecule has 0 radical (unpaired) electrons. The van der Waals surface area contributed by atoms with Crippen molar-refractivity contribution in [3.8, 4) is 5.69 Å². The van der Waals surface area contributed by atoms with Crippen molar-refractivity contribution in [2.75, 3.05) is 6.54 Å². The molecule has 1 N–H and O–H groups in total. The summed E-state index contributed by atoms with van der Waals surface area (Å²) in [5.41, 5.74) is 1.12. The number of likely N-dealkylation sites (tertiary alicyclic amines) is 1. The van der Waals surface area contributed by atoms with Crippen LogP contribution in [0.3, 0.4) is 0 Å². The summed E-state index contributed by atoms with van der Waals surface area (Å²) in [5.74, 6) is -1.83. The van der Waals surface area contributed by atoms with E-state index in [1.807, 2.05) is 0 Å². The van der Waals surface area contributed by atoms with Gasteiger partial charge in [-0.05, 0) is 38.0 Å². The van der Waals surface area contributed by atoms with Crippen molar-refractivity contribution in [2.45, 2.75) is 32.2 Å². The van der Waals surface area contributed by atoms with Crippen LogP contribution in [-0.4, -0.2) is 49.5 Å². The van der Waals surface area contributed by atoms with Gasteiger partial charge >= 0.3 is 5.97 Å². The molecular formula is C16H16ClFN4O3. The van der Waals surface area contributed by atoms with Crippen LogP contribution in [0, 0.1) is 12.7 Å². The summed E-state index contributed by atoms with van der Waals surface area (Å²) in [7, 11) is 0. The second-order valence-corrected chi connectivity index (χ2v) is 6.33. The maximum absolute atomic E-state index is 13.3. The smallest absolute Gasteiger partial charge is 0.305 e. The lowest BCUT2D eigenvalue weighted by atomic mass is 10.1. The maximum Gasteiger partial charge on any atom is 0.305 e. The summed E-state index contributed by atoms with van der Waals surface area (Å²) in [6.07, 6.45) is 1.32. The minimum absolute atomic E-state index is 0.0543. The van der Waals surface area contributed by atoms with Crippen LogP contribution in [-0.2, 0) is 4.79 Å². The molecule has 1 aliphatic heterocycles. The Morgan fingerprint density at radius 2 is 2.20 bits per heavy atom. The van der Waals surface area contributed by atoms with Gasteiger partial charge in [-0.2, -0.15) is 0 Å². The lowest BCUT2D eigenvalue weighted by Gasteiger charge is -2.22. The van der Waals surface area contributed by atoms with Crippen LogP contribution in [0.1, 0.15) is 35.4 Å². The minimum Gasteiger partial charge on any atom is -0.481 e. The zero-order valence-electron chi connectivity index (χ0n) is 13.4. The normalized spacial score (nSPS) is 17.1. The molecule has 1 fully saturated rings. The van der Waals surface area contributed by atoms with E-state index >= 15 is 0 Å². The van der Waals surface area contributed by atoms with Crippen LogP contribution in [0.5, 0.6) is 0 Å². The topological polar surface area (TPSA) is 88.3 Å². The van der Waals surface area contributed by atoms with Gasteiger partial charge in [-0.25, -0.2) is 9.07 Å². The number of rotatable bonds is 4. The van der Waals surface area contributed by atoms with E-state index in [0.717, 1.165) is 6.42 Å². The van der Waals surface area contributed by atoms with Crippen molar-refractivity contribution in [3.05, 3.63) is 40.4 Å². The molecule has 0 saturated carbocycles. The Morgan fingerprint density at radius 3 is 2.88 bits per heavy atom. The molecule has 2 heterocycles. The summed E-state index contributed by atoms with van der Waals surface area (Å²) in [4.78, 5) is 25.3. The third kappa shape index (κ3) is 3.34. The van der Waals surface area contributed by atoms with Gasteiger partial charge in [-0.3, -0.25) is 9.59 Å². The van der Waals surface area contributed by atoms with E-state index in [9.17, 15) is 14.0 Å². The molecule has 1 aromatic heterocycles. The van der Waals surface area contributed by atoms with Crippen LogP contribution >= 0.6 is 11.6 Å². The number of carboxylic acids is 1. The van der Waals surface area contributed by atoms with Gasteiger partial charge in [0.2, 0.25) is 0 Å². The molecule has 1 unspecified atom stereocenters. The molecule has 1 aliphatic rings. The largest absolute Gasteiger partial charge is 0.481 e. The van der Waals surface area contributed by atoms with Crippen molar-refractivity contribution in [1.82, 2.24) is 19.9 Å². The molecule has 1 atom stereocenters. The van der Waals surface area contributed by atoms with Crippen LogP contribution in [0.2, 0.25) is 5.02 Å². The Labute approximate surface area is 148 Å². The Morgan fingerprint density at radius 1 is 1.44 bits per heavy atom. The fraction of sp³-hybridized carbons (Fsp3) is 0.375. The Kier molecular flexibility index (Phi) is 4.71. The van der Waals surface area contributed by atoms with Gasteiger partial charge in [0.25, 0.3) is 5.91 Å². The first-order valence-electron chi connectivity index (χ1n) is 7.79. The molecular weight excluding hydrogens is 351 g/mol. The number of nitrogens with zero attached hydrogens (tertiary/aromatic N) is 4. The van der Waals surface area contributed by atoms with Gasteiger partial charge in [-0.1, -0.05) is 16.8 Å². The first kappa shape index (κ1) is 17.3. The monoisotopic (exact) mass is 366 g/mol. The SMILES string of the molecule is Cc1c(C(=O)N2CCCC2CC(=O)O)nnn1-c1ccc(F)c(Cl)c1. The molecule has 0 bridgehead atoms. The molecule has 1 aromatic carbocycles. The first-order chi connectivity index (χ1) is 11.9. The number of halogens is 2. The van der Waals surface area contributed by atoms with E-state index in [4.69, 9.17) is 16.7 Å². The van der Waals surface area contributed by atoms with Gasteiger partial charge in [0, 0.05) is 12.6 Å². The van der Waals surface area contributed by atoms with Crippen molar-refractivity contribution < 1.29 is 19.1 Å². The number of amides is 1. The van der Waals surface area contributed by atoms with Gasteiger partial charge < -0.3 is 10.0 Å². The summed E-state index contributed by atoms with van der Waals surface area (Å²) >= 11 is 5.79. The van der Waals surface area contributed by atoms with Crippen LogP contribution in [0.4, 0.5) is 4.39 Å². The highest BCUT2D eigenvalue weighted by atomic mass is 35.5. The van der Waals surface area contributed by atoms with E-state index < -0.39 is 11.8 Å². The molecule has 25 heavy (non-hydrogen) atoms. The van der Waals surface area contributed by atoms with Crippen LogP contribution in [0.15, 0.2) is 18.2 Å². The van der Waals surface area contributed by atoms with Crippen LogP contribution < -0.4 is 0 Å². The summed E-state index contributed by atoms with van der Waals surface area (Å²) < 4.78 is 14.7. The van der Waals surface area contributed by atoms with E-state index in [1.54, 1.807) is 6.92 Å². The number of carboxylic acid groups (broad SMARTS) is 1. The lowest BCUT2D eigenvalue weighted by Crippen LogP contribution is -2.37. The zero-order valence-corrected chi connectivity index (χ0v) is 14.2. The van der Waals surface area contributed by atoms with E-state index in [-0.39, 0.29) is 29.1 Å². The van der Waals surface area contributed by atoms with Crippen molar-refractivity contribution in [2.24, 2.45) is 0 Å².